The van der Waals surface area contributed by atoms with E-state index in [0.29, 0.717) is 28.8 Å². The molecular formula is C22H26N2O4. The van der Waals surface area contributed by atoms with Crippen LogP contribution in [0.5, 0.6) is 0 Å². The lowest BCUT2D eigenvalue weighted by Crippen LogP contribution is -2.48. The van der Waals surface area contributed by atoms with Crippen LogP contribution in [0, 0.1) is 5.41 Å². The second kappa shape index (κ2) is 8.35. The van der Waals surface area contributed by atoms with Crippen molar-refractivity contribution in [1.82, 2.24) is 5.43 Å². The molecule has 0 bridgehead atoms. The first kappa shape index (κ1) is 21.3. The highest BCUT2D eigenvalue weighted by Crippen LogP contribution is 2.44. The van der Waals surface area contributed by atoms with Crippen LogP contribution in [0.1, 0.15) is 44.5 Å². The van der Waals surface area contributed by atoms with Crippen molar-refractivity contribution in [1.29, 1.82) is 0 Å². The van der Waals surface area contributed by atoms with Crippen LogP contribution in [-0.2, 0) is 4.79 Å². The molecule has 0 aliphatic heterocycles. The minimum absolute atomic E-state index is 0.299. The molecule has 0 heterocycles. The van der Waals surface area contributed by atoms with Crippen molar-refractivity contribution in [3.8, 4) is 0 Å². The fourth-order valence-electron chi connectivity index (χ4n) is 3.23. The van der Waals surface area contributed by atoms with E-state index in [1.54, 1.807) is 56.3 Å². The molecule has 0 unspecified atom stereocenters. The van der Waals surface area contributed by atoms with Gasteiger partial charge in [0.15, 0.2) is 0 Å². The van der Waals surface area contributed by atoms with E-state index in [4.69, 9.17) is 5.11 Å². The molecule has 0 fully saturated rings. The SMILES string of the molecule is CC1=C/C(=N\NC(=O)c2ccccc2)CC(C)(C)[C@@]1(O)/C=C/C(C)=C\C(=O)O. The summed E-state index contributed by atoms with van der Waals surface area (Å²) in [6, 6.07) is 8.81. The van der Waals surface area contributed by atoms with E-state index in [2.05, 4.69) is 10.5 Å². The summed E-state index contributed by atoms with van der Waals surface area (Å²) in [6.45, 7) is 7.25. The number of amides is 1. The van der Waals surface area contributed by atoms with Gasteiger partial charge in [-0.15, -0.1) is 0 Å². The maximum Gasteiger partial charge on any atom is 0.328 e. The number of nitrogens with zero attached hydrogens (tertiary/aromatic N) is 1. The zero-order valence-electron chi connectivity index (χ0n) is 16.6. The summed E-state index contributed by atoms with van der Waals surface area (Å²) in [7, 11) is 0. The lowest BCUT2D eigenvalue weighted by Gasteiger charge is -2.44. The molecule has 1 aliphatic rings. The maximum absolute atomic E-state index is 12.2. The first-order valence-electron chi connectivity index (χ1n) is 8.99. The lowest BCUT2D eigenvalue weighted by molar-refractivity contribution is -0.131. The first-order chi connectivity index (χ1) is 13.0. The smallest absolute Gasteiger partial charge is 0.328 e. The molecule has 0 saturated heterocycles. The number of carboxylic acid groups (broad SMARTS) is 1. The standard InChI is InChI=1S/C22H26N2O4/c1-15(12-19(25)26)10-11-22(28)16(2)13-18(14-21(22,3)4)23-24-20(27)17-8-6-5-7-9-17/h5-13,28H,14H2,1-4H3,(H,24,27)(H,25,26)/b11-10+,15-12-,23-18+/t22-/m1/s1. The van der Waals surface area contributed by atoms with Crippen LogP contribution in [0.4, 0.5) is 0 Å². The van der Waals surface area contributed by atoms with Gasteiger partial charge >= 0.3 is 5.97 Å². The Morgan fingerprint density at radius 1 is 1.21 bits per heavy atom. The maximum atomic E-state index is 12.2. The number of rotatable bonds is 5. The number of aliphatic hydroxyl groups is 1. The number of aliphatic carboxylic acids is 1. The second-order valence-corrected chi connectivity index (χ2v) is 7.62. The van der Waals surface area contributed by atoms with Gasteiger partial charge in [-0.25, -0.2) is 10.2 Å². The number of carboxylic acids is 1. The van der Waals surface area contributed by atoms with E-state index in [1.807, 2.05) is 19.9 Å². The predicted octanol–water partition coefficient (Wildman–Crippen LogP) is 3.47. The van der Waals surface area contributed by atoms with E-state index in [0.717, 1.165) is 6.08 Å². The van der Waals surface area contributed by atoms with Crippen molar-refractivity contribution >= 4 is 17.6 Å². The van der Waals surface area contributed by atoms with E-state index < -0.39 is 17.0 Å². The molecule has 28 heavy (non-hydrogen) atoms. The number of allylic oxidation sites excluding steroid dienone is 3. The Labute approximate surface area is 165 Å². The Morgan fingerprint density at radius 2 is 1.86 bits per heavy atom. The molecule has 1 aromatic rings. The quantitative estimate of drug-likeness (QED) is 0.412. The van der Waals surface area contributed by atoms with E-state index >= 15 is 0 Å². The van der Waals surface area contributed by atoms with Crippen LogP contribution in [0.25, 0.3) is 0 Å². The van der Waals surface area contributed by atoms with Crippen molar-refractivity contribution in [3.05, 3.63) is 71.3 Å². The lowest BCUT2D eigenvalue weighted by atomic mass is 9.64. The zero-order valence-corrected chi connectivity index (χ0v) is 16.6. The summed E-state index contributed by atoms with van der Waals surface area (Å²) in [5.41, 5.74) is 3.05. The molecule has 1 atom stereocenters. The van der Waals surface area contributed by atoms with Crippen LogP contribution in [0.3, 0.4) is 0 Å². The molecular weight excluding hydrogens is 356 g/mol. The third-order valence-corrected chi connectivity index (χ3v) is 4.91. The molecule has 3 N–H and O–H groups in total. The number of hydrazone groups is 1. The zero-order chi connectivity index (χ0) is 20.9. The van der Waals surface area contributed by atoms with Gasteiger partial charge in [0, 0.05) is 17.1 Å². The Morgan fingerprint density at radius 3 is 2.43 bits per heavy atom. The van der Waals surface area contributed by atoms with Gasteiger partial charge in [-0.3, -0.25) is 4.79 Å². The van der Waals surface area contributed by atoms with Gasteiger partial charge in [0.05, 0.1) is 5.71 Å². The predicted molar refractivity (Wildman–Crippen MR) is 109 cm³/mol. The molecule has 0 saturated carbocycles. The summed E-state index contributed by atoms with van der Waals surface area (Å²) in [5.74, 6) is -1.33. The molecule has 0 spiro atoms. The van der Waals surface area contributed by atoms with Gasteiger partial charge < -0.3 is 10.2 Å². The Kier molecular flexibility index (Phi) is 6.36. The summed E-state index contributed by atoms with van der Waals surface area (Å²) in [4.78, 5) is 22.9. The molecule has 6 nitrogen and oxygen atoms in total. The average Bonchev–Trinajstić information content (AvgIpc) is 2.62. The Balaban J connectivity index is 2.24. The third kappa shape index (κ3) is 4.84. The fraction of sp³-hybridized carbons (Fsp3) is 0.318. The van der Waals surface area contributed by atoms with E-state index in [9.17, 15) is 14.7 Å². The molecule has 2 rings (SSSR count). The number of carbonyl (C=O) groups excluding carboxylic acids is 1. The fourth-order valence-corrected chi connectivity index (χ4v) is 3.23. The minimum atomic E-state index is -1.26. The molecule has 1 aliphatic carbocycles. The summed E-state index contributed by atoms with van der Waals surface area (Å²) in [5, 5.41) is 24.3. The summed E-state index contributed by atoms with van der Waals surface area (Å²) >= 11 is 0. The first-order valence-corrected chi connectivity index (χ1v) is 8.99. The largest absolute Gasteiger partial charge is 0.478 e. The highest BCUT2D eigenvalue weighted by molar-refractivity contribution is 6.00. The van der Waals surface area contributed by atoms with E-state index in [-0.39, 0.29) is 5.91 Å². The number of nitrogens with one attached hydrogen (secondary N) is 1. The summed E-state index contributed by atoms with van der Waals surface area (Å²) in [6.07, 6.45) is 6.49. The third-order valence-electron chi connectivity index (χ3n) is 4.91. The molecule has 6 heteroatoms. The normalized spacial score (nSPS) is 23.5. The minimum Gasteiger partial charge on any atom is -0.478 e. The van der Waals surface area contributed by atoms with Crippen molar-refractivity contribution in [3.63, 3.8) is 0 Å². The monoisotopic (exact) mass is 382 g/mol. The Bertz CT molecular complexity index is 879. The van der Waals surface area contributed by atoms with Gasteiger partial charge in [-0.2, -0.15) is 5.10 Å². The van der Waals surface area contributed by atoms with Crippen molar-refractivity contribution in [2.45, 2.75) is 39.7 Å². The van der Waals surface area contributed by atoms with Crippen LogP contribution in [0.2, 0.25) is 0 Å². The summed E-state index contributed by atoms with van der Waals surface area (Å²) < 4.78 is 0. The average molecular weight is 382 g/mol. The van der Waals surface area contributed by atoms with Gasteiger partial charge in [0.2, 0.25) is 0 Å². The van der Waals surface area contributed by atoms with Crippen LogP contribution >= 0.6 is 0 Å². The number of hydrogen-bond acceptors (Lipinski definition) is 4. The molecule has 1 amide bonds. The Hall–Kier alpha value is -2.99. The number of benzene rings is 1. The van der Waals surface area contributed by atoms with E-state index in [1.165, 1.54) is 0 Å². The second-order valence-electron chi connectivity index (χ2n) is 7.62. The van der Waals surface area contributed by atoms with Gasteiger partial charge in [0.1, 0.15) is 5.60 Å². The van der Waals surface area contributed by atoms with Crippen molar-refractivity contribution < 1.29 is 19.8 Å². The number of carbonyl (C=O) groups is 2. The highest BCUT2D eigenvalue weighted by atomic mass is 16.4. The topological polar surface area (TPSA) is 99.0 Å². The van der Waals surface area contributed by atoms with Gasteiger partial charge in [-0.1, -0.05) is 38.1 Å². The molecule has 0 aromatic heterocycles. The molecule has 0 radical (unpaired) electrons. The number of hydrogen-bond donors (Lipinski definition) is 3. The van der Waals surface area contributed by atoms with Crippen LogP contribution < -0.4 is 5.43 Å². The van der Waals surface area contributed by atoms with Crippen LogP contribution in [-0.4, -0.2) is 33.4 Å². The molecule has 1 aromatic carbocycles. The molecule has 148 valence electrons. The van der Waals surface area contributed by atoms with Gasteiger partial charge in [-0.05, 0) is 55.7 Å². The van der Waals surface area contributed by atoms with Crippen molar-refractivity contribution in [2.75, 3.05) is 0 Å². The van der Waals surface area contributed by atoms with Gasteiger partial charge in [0.25, 0.3) is 5.91 Å². The highest BCUT2D eigenvalue weighted by Gasteiger charge is 2.46. The van der Waals surface area contributed by atoms with Crippen LogP contribution in [0.15, 0.2) is 70.9 Å². The van der Waals surface area contributed by atoms with Crippen molar-refractivity contribution in [2.24, 2.45) is 10.5 Å².